The molecule has 24 aromatic rings. The highest BCUT2D eigenvalue weighted by molar-refractivity contribution is 7.26. The van der Waals surface area contributed by atoms with Gasteiger partial charge in [-0.25, -0.2) is 0 Å². The molecule has 18 aromatic carbocycles. The van der Waals surface area contributed by atoms with E-state index in [2.05, 4.69) is 422 Å². The summed E-state index contributed by atoms with van der Waals surface area (Å²) in [4.78, 5) is 0. The molecule has 0 radical (unpaired) electrons. The van der Waals surface area contributed by atoms with Gasteiger partial charge >= 0.3 is 0 Å². The van der Waals surface area contributed by atoms with Crippen LogP contribution >= 0.6 is 11.3 Å². The molecule has 6 heteroatoms. The largest absolute Gasteiger partial charge is 0.456 e. The van der Waals surface area contributed by atoms with E-state index in [4.69, 9.17) is 4.42 Å². The lowest BCUT2D eigenvalue weighted by molar-refractivity contribution is 0.660. The minimum Gasteiger partial charge on any atom is -0.456 e. The summed E-state index contributed by atoms with van der Waals surface area (Å²) in [5.41, 5.74) is 37.9. The number of furan rings is 1. The topological polar surface area (TPSA) is 32.9 Å². The van der Waals surface area contributed by atoms with Gasteiger partial charge in [0.15, 0.2) is 0 Å². The average Bonchev–Trinajstić information content (AvgIpc) is 1.54. The molecule has 5 nitrogen and oxygen atoms in total. The second kappa shape index (κ2) is 24.9. The number of aromatic nitrogens is 4. The third-order valence-corrected chi connectivity index (χ3v) is 28.3. The van der Waals surface area contributed by atoms with Gasteiger partial charge in [0.1, 0.15) is 11.2 Å². The molecule has 6 heterocycles. The second-order valence-corrected chi connectivity index (χ2v) is 35.3. The van der Waals surface area contributed by atoms with E-state index in [9.17, 15) is 0 Å². The summed E-state index contributed by atoms with van der Waals surface area (Å²) in [6, 6.07) is 141. The minimum absolute atomic E-state index is 0.125. The van der Waals surface area contributed by atoms with Gasteiger partial charge in [0, 0.05) is 113 Å². The Morgan fingerprint density at radius 1 is 0.217 bits per heavy atom. The third kappa shape index (κ3) is 9.53. The molecule has 0 unspecified atom stereocenters. The number of thiophene rings is 1. The summed E-state index contributed by atoms with van der Waals surface area (Å²) in [5.74, 6) is 0. The second-order valence-electron chi connectivity index (χ2n) is 34.2. The zero-order valence-electron chi connectivity index (χ0n) is 66.4. The maximum absolute atomic E-state index is 6.85. The monoisotopic (exact) mass is 1550 g/mol. The molecule has 120 heavy (non-hydrogen) atoms. The Hall–Kier alpha value is -14.8. The van der Waals surface area contributed by atoms with E-state index in [1.807, 2.05) is 11.3 Å². The SMILES string of the molecule is CC1(C)c2cc(-c3ccc4c(c3)c3cc(-c5cccc6oc7ccc(-c8ccc9c(c8)c8ccc%10c(c8n9-c8ccccc8)-c8ccccc8C%10(C)C)cc7c56)ccc3n4-c3ccccc3)ccc2-c2cc3c4cc(-c5ccc6sc7cccc(-c8ccc9c(c8)c8ccccc8n9-c8ccccc8)c7c6c5)ccc4n(-c4ccccc4)c3cc21. The van der Waals surface area contributed by atoms with E-state index in [1.165, 1.54) is 174 Å². The Labute approximate surface area is 696 Å². The molecule has 0 aliphatic heterocycles. The van der Waals surface area contributed by atoms with E-state index < -0.39 is 0 Å². The molecular formula is C114H74N4OS. The standard InChI is InChI=1S/C114H74N4OS/c1-113(2)94-35-19-17-32-84(94)111-95(113)49-48-83-87-57-67(42-52-103(87)118(112(83)111)78-29-15-8-16-30-78)70-45-55-105-92(60-70)109-79(33-21-37-106(109)119-105)73-43-54-101-90(63-73)88-59-69(41-50-100(88)116(101)76-25-11-6-12-26-76)72-39-47-81-85-65-91-89-58-68(40-51-102(89)117(77-27-13-7-14-28-77)104(91)66-97(85)114(3,4)96(81)64-72)71-46-56-107-93(61-71)110-80(34-22-38-108(110)120-107)74-44-53-99-86(62-74)82-31-18-20-36-98(82)115(99)75-23-9-5-10-24-75/h5-66H,1-4H3. The van der Waals surface area contributed by atoms with Crippen molar-refractivity contribution in [2.45, 2.75) is 38.5 Å². The zero-order chi connectivity index (χ0) is 79.1. The van der Waals surface area contributed by atoms with E-state index in [1.54, 1.807) is 0 Å². The van der Waals surface area contributed by atoms with Crippen molar-refractivity contribution in [3.05, 3.63) is 398 Å². The van der Waals surface area contributed by atoms with Gasteiger partial charge in [-0.2, -0.15) is 0 Å². The van der Waals surface area contributed by atoms with Crippen LogP contribution in [0.4, 0.5) is 0 Å². The van der Waals surface area contributed by atoms with Crippen LogP contribution in [0.1, 0.15) is 49.9 Å². The number of fused-ring (bicyclic) bond motifs is 25. The van der Waals surface area contributed by atoms with Crippen LogP contribution in [0.15, 0.2) is 381 Å². The van der Waals surface area contributed by atoms with Gasteiger partial charge in [0.05, 0.1) is 44.1 Å². The van der Waals surface area contributed by atoms with Crippen LogP contribution in [0.3, 0.4) is 0 Å². The summed E-state index contributed by atoms with van der Waals surface area (Å²) in [6.07, 6.45) is 0. The number of hydrogen-bond acceptors (Lipinski definition) is 2. The number of benzene rings is 18. The van der Waals surface area contributed by atoms with E-state index >= 15 is 0 Å². The van der Waals surface area contributed by atoms with Crippen LogP contribution < -0.4 is 0 Å². The molecule has 2 aliphatic carbocycles. The Kier molecular flexibility index (Phi) is 14.0. The third-order valence-electron chi connectivity index (χ3n) is 27.1. The van der Waals surface area contributed by atoms with Gasteiger partial charge in [0.2, 0.25) is 0 Å². The summed E-state index contributed by atoms with van der Waals surface area (Å²) < 4.78 is 19.3. The van der Waals surface area contributed by atoms with Crippen LogP contribution in [-0.4, -0.2) is 18.3 Å². The van der Waals surface area contributed by atoms with Crippen molar-refractivity contribution in [3.8, 4) is 101 Å². The Bertz CT molecular complexity index is 8570. The lowest BCUT2D eigenvalue weighted by atomic mass is 9.81. The Morgan fingerprint density at radius 2 is 0.642 bits per heavy atom. The lowest BCUT2D eigenvalue weighted by Crippen LogP contribution is -2.15. The van der Waals surface area contributed by atoms with Crippen LogP contribution in [0, 0.1) is 0 Å². The molecule has 0 N–H and O–H groups in total. The molecule has 26 rings (SSSR count). The maximum Gasteiger partial charge on any atom is 0.136 e. The van der Waals surface area contributed by atoms with E-state index in [-0.39, 0.29) is 10.8 Å². The highest BCUT2D eigenvalue weighted by atomic mass is 32.1. The summed E-state index contributed by atoms with van der Waals surface area (Å²) >= 11 is 1.88. The van der Waals surface area contributed by atoms with Crippen molar-refractivity contribution >= 4 is 141 Å². The van der Waals surface area contributed by atoms with Gasteiger partial charge in [0.25, 0.3) is 0 Å². The van der Waals surface area contributed by atoms with Crippen LogP contribution in [0.2, 0.25) is 0 Å². The molecule has 0 fully saturated rings. The van der Waals surface area contributed by atoms with Gasteiger partial charge in [-0.15, -0.1) is 11.3 Å². The number of rotatable bonds is 9. The van der Waals surface area contributed by atoms with Gasteiger partial charge in [-0.3, -0.25) is 0 Å². The first-order valence-electron chi connectivity index (χ1n) is 41.8. The quantitative estimate of drug-likeness (QED) is 0.142. The number of nitrogens with zero attached hydrogens (tertiary/aromatic N) is 4. The smallest absolute Gasteiger partial charge is 0.136 e. The molecule has 562 valence electrons. The van der Waals surface area contributed by atoms with E-state index in [0.717, 1.165) is 78.0 Å². The highest BCUT2D eigenvalue weighted by Gasteiger charge is 2.40. The first-order valence-corrected chi connectivity index (χ1v) is 42.6. The van der Waals surface area contributed by atoms with Crippen LogP contribution in [0.5, 0.6) is 0 Å². The van der Waals surface area contributed by atoms with E-state index in [0.29, 0.717) is 0 Å². The zero-order valence-corrected chi connectivity index (χ0v) is 67.2. The molecule has 0 spiro atoms. The summed E-state index contributed by atoms with van der Waals surface area (Å²) in [6.45, 7) is 9.60. The first-order chi connectivity index (χ1) is 59.0. The van der Waals surface area contributed by atoms with Crippen molar-refractivity contribution in [2.24, 2.45) is 0 Å². The molecule has 0 saturated carbocycles. The molecule has 0 bridgehead atoms. The molecule has 2 aliphatic rings. The van der Waals surface area contributed by atoms with Crippen molar-refractivity contribution < 1.29 is 4.42 Å². The predicted octanol–water partition coefficient (Wildman–Crippen LogP) is 31.3. The summed E-state index contributed by atoms with van der Waals surface area (Å²) in [7, 11) is 0. The first kappa shape index (κ1) is 67.4. The fourth-order valence-electron chi connectivity index (χ4n) is 21.5. The molecule has 0 atom stereocenters. The van der Waals surface area contributed by atoms with Crippen LogP contribution in [-0.2, 0) is 10.8 Å². The van der Waals surface area contributed by atoms with Crippen molar-refractivity contribution in [3.63, 3.8) is 0 Å². The van der Waals surface area contributed by atoms with Gasteiger partial charge in [-0.1, -0.05) is 234 Å². The fourth-order valence-corrected chi connectivity index (χ4v) is 22.6. The Morgan fingerprint density at radius 3 is 1.27 bits per heavy atom. The summed E-state index contributed by atoms with van der Waals surface area (Å²) in [5, 5.41) is 14.7. The normalized spacial score (nSPS) is 13.5. The molecule has 6 aromatic heterocycles. The molecule has 0 saturated heterocycles. The average molecular weight is 1550 g/mol. The maximum atomic E-state index is 6.85. The Balaban J connectivity index is 0.576. The minimum atomic E-state index is -0.312. The predicted molar refractivity (Wildman–Crippen MR) is 506 cm³/mol. The fraction of sp³-hybridized carbons (Fsp3) is 0.0526. The highest BCUT2D eigenvalue weighted by Crippen LogP contribution is 2.56. The van der Waals surface area contributed by atoms with Crippen LogP contribution in [0.25, 0.3) is 230 Å². The van der Waals surface area contributed by atoms with Gasteiger partial charge < -0.3 is 22.7 Å². The van der Waals surface area contributed by atoms with Crippen molar-refractivity contribution in [1.29, 1.82) is 0 Å². The van der Waals surface area contributed by atoms with Gasteiger partial charge in [-0.05, 0) is 264 Å². The number of hydrogen-bond donors (Lipinski definition) is 0. The molecule has 0 amide bonds. The number of para-hydroxylation sites is 5. The van der Waals surface area contributed by atoms with Crippen molar-refractivity contribution in [1.82, 2.24) is 18.3 Å². The van der Waals surface area contributed by atoms with Crippen molar-refractivity contribution in [2.75, 3.05) is 0 Å². The molecular weight excluding hydrogens is 1470 g/mol. The lowest BCUT2D eigenvalue weighted by Gasteiger charge is -2.22.